The Bertz CT molecular complexity index is 1290. The fourth-order valence-corrected chi connectivity index (χ4v) is 4.50. The van der Waals surface area contributed by atoms with Gasteiger partial charge in [0, 0.05) is 10.4 Å². The van der Waals surface area contributed by atoms with Gasteiger partial charge in [-0.15, -0.1) is 11.3 Å². The van der Waals surface area contributed by atoms with E-state index in [1.165, 1.54) is 11.3 Å². The molecule has 1 heterocycles. The molecule has 2 N–H and O–H groups in total. The van der Waals surface area contributed by atoms with Crippen LogP contribution < -0.4 is 15.4 Å². The van der Waals surface area contributed by atoms with Crippen molar-refractivity contribution in [1.82, 2.24) is 10.3 Å². The van der Waals surface area contributed by atoms with E-state index in [1.807, 2.05) is 73.7 Å². The minimum absolute atomic E-state index is 0.205. The molecular weight excluding hydrogens is 434 g/mol. The number of benzene rings is 3. The molecule has 33 heavy (non-hydrogen) atoms. The molecule has 3 aromatic carbocycles. The monoisotopic (exact) mass is 459 g/mol. The van der Waals surface area contributed by atoms with Crippen LogP contribution in [0.3, 0.4) is 0 Å². The van der Waals surface area contributed by atoms with E-state index >= 15 is 0 Å². The molecule has 0 aliphatic carbocycles. The van der Waals surface area contributed by atoms with Crippen LogP contribution in [0.1, 0.15) is 17.4 Å². The lowest BCUT2D eigenvalue weighted by Crippen LogP contribution is -2.42. The summed E-state index contributed by atoms with van der Waals surface area (Å²) in [5.41, 5.74) is 2.69. The lowest BCUT2D eigenvalue weighted by Gasteiger charge is -2.13. The van der Waals surface area contributed by atoms with E-state index in [4.69, 9.17) is 4.74 Å². The molecule has 0 saturated carbocycles. The first kappa shape index (κ1) is 22.5. The largest absolute Gasteiger partial charge is 0.497 e. The van der Waals surface area contributed by atoms with Crippen LogP contribution in [0.4, 0.5) is 5.13 Å². The second-order valence-corrected chi connectivity index (χ2v) is 8.95. The van der Waals surface area contributed by atoms with Crippen LogP contribution in [0.15, 0.2) is 66.7 Å². The van der Waals surface area contributed by atoms with E-state index in [9.17, 15) is 9.59 Å². The van der Waals surface area contributed by atoms with E-state index in [1.54, 1.807) is 14.0 Å². The number of methoxy groups -OCH3 is 1. The fraction of sp³-hybridized carbons (Fsp3) is 0.192. The Morgan fingerprint density at radius 1 is 1.03 bits per heavy atom. The number of anilines is 1. The molecule has 0 saturated heterocycles. The first-order valence-electron chi connectivity index (χ1n) is 10.6. The number of nitrogens with one attached hydrogen (secondary N) is 2. The van der Waals surface area contributed by atoms with Gasteiger partial charge in [0.15, 0.2) is 5.13 Å². The summed E-state index contributed by atoms with van der Waals surface area (Å²) in [6.07, 6.45) is 0.205. The van der Waals surface area contributed by atoms with Gasteiger partial charge >= 0.3 is 0 Å². The lowest BCUT2D eigenvalue weighted by atomic mass is 10.0. The number of hydrogen-bond acceptors (Lipinski definition) is 5. The Morgan fingerprint density at radius 2 is 1.76 bits per heavy atom. The highest BCUT2D eigenvalue weighted by atomic mass is 32.1. The number of aromatic nitrogens is 1. The summed E-state index contributed by atoms with van der Waals surface area (Å²) in [6, 6.07) is 20.8. The Hall–Kier alpha value is -3.71. The number of ether oxygens (including phenoxy) is 1. The molecule has 0 fully saturated rings. The molecule has 2 amide bonds. The number of thiazole rings is 1. The molecule has 4 aromatic rings. The van der Waals surface area contributed by atoms with Crippen molar-refractivity contribution in [3.8, 4) is 17.0 Å². The molecule has 0 aliphatic rings. The Balaban J connectivity index is 1.39. The van der Waals surface area contributed by atoms with Crippen LogP contribution in [0.2, 0.25) is 0 Å². The molecule has 168 valence electrons. The Labute approximate surface area is 196 Å². The van der Waals surface area contributed by atoms with Gasteiger partial charge in [-0.3, -0.25) is 9.59 Å². The van der Waals surface area contributed by atoms with Gasteiger partial charge in [0.05, 0.1) is 19.2 Å². The van der Waals surface area contributed by atoms with Crippen molar-refractivity contribution in [2.45, 2.75) is 26.3 Å². The molecule has 0 spiro atoms. The van der Waals surface area contributed by atoms with Crippen LogP contribution >= 0.6 is 11.3 Å². The van der Waals surface area contributed by atoms with Gasteiger partial charge in [0.2, 0.25) is 11.8 Å². The zero-order chi connectivity index (χ0) is 23.4. The molecule has 1 aromatic heterocycles. The van der Waals surface area contributed by atoms with Gasteiger partial charge < -0.3 is 15.4 Å². The first-order valence-corrected chi connectivity index (χ1v) is 11.4. The molecule has 0 radical (unpaired) electrons. The predicted octanol–water partition coefficient (Wildman–Crippen LogP) is 4.97. The fourth-order valence-electron chi connectivity index (χ4n) is 3.66. The molecule has 0 bridgehead atoms. The minimum Gasteiger partial charge on any atom is -0.497 e. The van der Waals surface area contributed by atoms with Crippen molar-refractivity contribution in [3.63, 3.8) is 0 Å². The molecule has 4 rings (SSSR count). The topological polar surface area (TPSA) is 80.3 Å². The van der Waals surface area contributed by atoms with Gasteiger partial charge in [-0.2, -0.15) is 0 Å². The number of carbonyl (C=O) groups excluding carboxylic acids is 2. The second kappa shape index (κ2) is 9.83. The molecule has 1 atom stereocenters. The lowest BCUT2D eigenvalue weighted by molar-refractivity contribution is -0.125. The van der Waals surface area contributed by atoms with Crippen molar-refractivity contribution < 1.29 is 14.3 Å². The Kier molecular flexibility index (Phi) is 6.70. The minimum atomic E-state index is -0.693. The van der Waals surface area contributed by atoms with Crippen LogP contribution in [0.5, 0.6) is 5.75 Å². The van der Waals surface area contributed by atoms with E-state index in [0.717, 1.165) is 38.2 Å². The average molecular weight is 460 g/mol. The predicted molar refractivity (Wildman–Crippen MR) is 133 cm³/mol. The number of amides is 2. The van der Waals surface area contributed by atoms with Crippen LogP contribution in [-0.2, 0) is 16.0 Å². The van der Waals surface area contributed by atoms with E-state index in [0.29, 0.717) is 5.13 Å². The third-order valence-electron chi connectivity index (χ3n) is 5.39. The van der Waals surface area contributed by atoms with Gasteiger partial charge in [-0.05, 0) is 54.4 Å². The van der Waals surface area contributed by atoms with Crippen molar-refractivity contribution in [3.05, 3.63) is 77.2 Å². The third kappa shape index (κ3) is 5.21. The number of hydrogen-bond donors (Lipinski definition) is 2. The number of nitrogens with zero attached hydrogens (tertiary/aromatic N) is 1. The summed E-state index contributed by atoms with van der Waals surface area (Å²) in [7, 11) is 1.62. The standard InChI is InChI=1S/C26H25N3O3S/c1-16(27-23(30)15-20-9-6-8-18-7-4-5-10-22(18)20)25(31)29-26-28-24(17(2)33-26)19-11-13-21(32-3)14-12-19/h4-14,16H,15H2,1-3H3,(H,27,30)(H,28,29,31)/t16-/m1/s1. The highest BCUT2D eigenvalue weighted by molar-refractivity contribution is 7.16. The van der Waals surface area contributed by atoms with Crippen LogP contribution in [-0.4, -0.2) is 29.9 Å². The average Bonchev–Trinajstić information content (AvgIpc) is 3.19. The summed E-state index contributed by atoms with van der Waals surface area (Å²) in [5, 5.41) is 8.23. The highest BCUT2D eigenvalue weighted by Gasteiger charge is 2.19. The van der Waals surface area contributed by atoms with Gasteiger partial charge in [0.25, 0.3) is 0 Å². The molecule has 0 unspecified atom stereocenters. The summed E-state index contributed by atoms with van der Waals surface area (Å²) in [5.74, 6) is 0.257. The maximum absolute atomic E-state index is 12.7. The molecular formula is C26H25N3O3S. The Morgan fingerprint density at radius 3 is 2.52 bits per heavy atom. The number of aryl methyl sites for hydroxylation is 1. The van der Waals surface area contributed by atoms with Crippen LogP contribution in [0.25, 0.3) is 22.0 Å². The summed E-state index contributed by atoms with van der Waals surface area (Å²) >= 11 is 1.40. The van der Waals surface area contributed by atoms with Gasteiger partial charge in [0.1, 0.15) is 11.8 Å². The normalized spacial score (nSPS) is 11.7. The number of carbonyl (C=O) groups is 2. The zero-order valence-corrected chi connectivity index (χ0v) is 19.5. The van der Waals surface area contributed by atoms with Crippen molar-refractivity contribution >= 4 is 39.1 Å². The quantitative estimate of drug-likeness (QED) is 0.409. The number of fused-ring (bicyclic) bond motifs is 1. The summed E-state index contributed by atoms with van der Waals surface area (Å²) in [6.45, 7) is 3.63. The maximum atomic E-state index is 12.7. The van der Waals surface area contributed by atoms with Crippen LogP contribution in [0, 0.1) is 6.92 Å². The van der Waals surface area contributed by atoms with Gasteiger partial charge in [-0.1, -0.05) is 42.5 Å². The number of rotatable bonds is 7. The van der Waals surface area contributed by atoms with Crippen molar-refractivity contribution in [2.24, 2.45) is 0 Å². The summed E-state index contributed by atoms with van der Waals surface area (Å²) in [4.78, 5) is 30.8. The SMILES string of the molecule is COc1ccc(-c2nc(NC(=O)[C@@H](C)NC(=O)Cc3cccc4ccccc34)sc2C)cc1. The van der Waals surface area contributed by atoms with E-state index in [2.05, 4.69) is 15.6 Å². The first-order chi connectivity index (χ1) is 15.9. The molecule has 0 aliphatic heterocycles. The van der Waals surface area contributed by atoms with E-state index < -0.39 is 6.04 Å². The molecule has 6 nitrogen and oxygen atoms in total. The smallest absolute Gasteiger partial charge is 0.248 e. The zero-order valence-electron chi connectivity index (χ0n) is 18.7. The highest BCUT2D eigenvalue weighted by Crippen LogP contribution is 2.31. The van der Waals surface area contributed by atoms with E-state index in [-0.39, 0.29) is 18.2 Å². The second-order valence-electron chi connectivity index (χ2n) is 7.75. The van der Waals surface area contributed by atoms with Gasteiger partial charge in [-0.25, -0.2) is 4.98 Å². The molecule has 7 heteroatoms. The third-order valence-corrected chi connectivity index (χ3v) is 6.28. The van der Waals surface area contributed by atoms with Crippen molar-refractivity contribution in [1.29, 1.82) is 0 Å². The van der Waals surface area contributed by atoms with Crippen molar-refractivity contribution in [2.75, 3.05) is 12.4 Å². The maximum Gasteiger partial charge on any atom is 0.248 e. The summed E-state index contributed by atoms with van der Waals surface area (Å²) < 4.78 is 5.20.